The van der Waals surface area contributed by atoms with Crippen molar-refractivity contribution in [1.29, 1.82) is 0 Å². The van der Waals surface area contributed by atoms with Gasteiger partial charge in [-0.2, -0.15) is 0 Å². The molecular weight excluding hydrogens is 423 g/mol. The van der Waals surface area contributed by atoms with Gasteiger partial charge in [0.05, 0.1) is 22.2 Å². The number of aromatic nitrogens is 2. The lowest BCUT2D eigenvalue weighted by Gasteiger charge is -2.10. The molecule has 0 saturated carbocycles. The number of carbonyl (C=O) groups excluding carboxylic acids is 1. The molecule has 0 spiro atoms. The number of nitro benzene ring substituents is 1. The molecule has 0 bridgehead atoms. The van der Waals surface area contributed by atoms with Crippen molar-refractivity contribution in [3.63, 3.8) is 0 Å². The number of halogens is 2. The molecule has 11 heteroatoms. The number of amides is 1. The summed E-state index contributed by atoms with van der Waals surface area (Å²) < 4.78 is 0.841. The highest BCUT2D eigenvalue weighted by Gasteiger charge is 2.18. The third-order valence-corrected chi connectivity index (χ3v) is 4.68. The minimum Gasteiger partial charge on any atom is -0.320 e. The van der Waals surface area contributed by atoms with Gasteiger partial charge in [0.1, 0.15) is 5.56 Å². The van der Waals surface area contributed by atoms with E-state index in [0.29, 0.717) is 10.6 Å². The normalized spacial score (nSPS) is 10.6. The van der Waals surface area contributed by atoms with Crippen molar-refractivity contribution >= 4 is 40.5 Å². The van der Waals surface area contributed by atoms with Crippen LogP contribution in [-0.4, -0.2) is 20.4 Å². The Bertz CT molecular complexity index is 1240. The van der Waals surface area contributed by atoms with E-state index in [1.165, 1.54) is 6.07 Å². The molecule has 1 aromatic heterocycles. The van der Waals surface area contributed by atoms with Gasteiger partial charge in [-0.05, 0) is 17.7 Å². The number of benzene rings is 2. The predicted octanol–water partition coefficient (Wildman–Crippen LogP) is 3.05. The fraction of sp³-hybridized carbons (Fsp3) is 0.0556. The molecule has 0 radical (unpaired) electrons. The number of carbonyl (C=O) groups is 1. The third kappa shape index (κ3) is 4.36. The monoisotopic (exact) mass is 434 g/mol. The lowest BCUT2D eigenvalue weighted by Crippen LogP contribution is -2.39. The molecule has 2 aromatic carbocycles. The first kappa shape index (κ1) is 20.3. The summed E-state index contributed by atoms with van der Waals surface area (Å²) in [5.41, 5.74) is -1.53. The molecule has 1 amide bonds. The zero-order valence-corrected chi connectivity index (χ0v) is 16.0. The molecule has 148 valence electrons. The van der Waals surface area contributed by atoms with E-state index < -0.39 is 22.1 Å². The van der Waals surface area contributed by atoms with Gasteiger partial charge in [-0.3, -0.25) is 24.3 Å². The Morgan fingerprint density at radius 2 is 1.86 bits per heavy atom. The molecule has 0 atom stereocenters. The average Bonchev–Trinajstić information content (AvgIpc) is 2.67. The number of H-pyrrole nitrogens is 1. The maximum atomic E-state index is 12.7. The number of non-ortho nitro benzene ring substituents is 1. The van der Waals surface area contributed by atoms with E-state index in [4.69, 9.17) is 23.2 Å². The Morgan fingerprint density at radius 3 is 2.52 bits per heavy atom. The van der Waals surface area contributed by atoms with Crippen molar-refractivity contribution in [2.75, 3.05) is 5.32 Å². The van der Waals surface area contributed by atoms with E-state index in [-0.39, 0.29) is 28.5 Å². The van der Waals surface area contributed by atoms with E-state index in [1.54, 1.807) is 24.3 Å². The summed E-state index contributed by atoms with van der Waals surface area (Å²) in [5.74, 6) is -0.838. The first-order valence-electron chi connectivity index (χ1n) is 8.09. The first-order chi connectivity index (χ1) is 13.8. The summed E-state index contributed by atoms with van der Waals surface area (Å²) in [5, 5.41) is 13.5. The second-order valence-corrected chi connectivity index (χ2v) is 6.68. The SMILES string of the molecule is O=C(Nc1ccc([N+](=O)[O-])cc1Cl)c1c[nH]c(=O)n(Cc2ccccc2Cl)c1=O. The fourth-order valence-corrected chi connectivity index (χ4v) is 2.94. The third-order valence-electron chi connectivity index (χ3n) is 4.00. The van der Waals surface area contributed by atoms with Crippen LogP contribution in [0.1, 0.15) is 15.9 Å². The van der Waals surface area contributed by atoms with Crippen LogP contribution in [-0.2, 0) is 6.54 Å². The van der Waals surface area contributed by atoms with E-state index in [1.807, 2.05) is 0 Å². The molecule has 0 saturated heterocycles. The standard InChI is InChI=1S/C18H12Cl2N4O5/c19-13-4-2-1-3-10(13)9-23-17(26)12(8-21-18(23)27)16(25)22-15-6-5-11(24(28)29)7-14(15)20/h1-8H,9H2,(H,21,27)(H,22,25). The van der Waals surface area contributed by atoms with Crippen LogP contribution in [0.4, 0.5) is 11.4 Å². The predicted molar refractivity (Wildman–Crippen MR) is 108 cm³/mol. The number of nitrogens with zero attached hydrogens (tertiary/aromatic N) is 2. The fourth-order valence-electron chi connectivity index (χ4n) is 2.52. The molecular formula is C18H12Cl2N4O5. The van der Waals surface area contributed by atoms with Crippen molar-refractivity contribution in [3.05, 3.63) is 101 Å². The minimum absolute atomic E-state index is 0.0746. The van der Waals surface area contributed by atoms with Gasteiger partial charge in [0.2, 0.25) is 0 Å². The minimum atomic E-state index is -0.838. The summed E-state index contributed by atoms with van der Waals surface area (Å²) in [7, 11) is 0. The van der Waals surface area contributed by atoms with Crippen LogP contribution in [0, 0.1) is 10.1 Å². The zero-order chi connectivity index (χ0) is 21.1. The smallest absolute Gasteiger partial charge is 0.320 e. The summed E-state index contributed by atoms with van der Waals surface area (Å²) in [4.78, 5) is 49.8. The number of nitrogens with one attached hydrogen (secondary N) is 2. The van der Waals surface area contributed by atoms with Gasteiger partial charge in [-0.15, -0.1) is 0 Å². The molecule has 0 fully saturated rings. The largest absolute Gasteiger partial charge is 0.328 e. The van der Waals surface area contributed by atoms with Gasteiger partial charge in [0.25, 0.3) is 17.2 Å². The highest BCUT2D eigenvalue weighted by molar-refractivity contribution is 6.34. The molecule has 0 aliphatic heterocycles. The number of hydrogen-bond donors (Lipinski definition) is 2. The summed E-state index contributed by atoms with van der Waals surface area (Å²) in [6.45, 7) is -0.132. The number of aromatic amines is 1. The van der Waals surface area contributed by atoms with E-state index in [0.717, 1.165) is 22.9 Å². The number of nitro groups is 1. The van der Waals surface area contributed by atoms with Crippen molar-refractivity contribution in [2.45, 2.75) is 6.54 Å². The zero-order valence-electron chi connectivity index (χ0n) is 14.5. The van der Waals surface area contributed by atoms with Crippen molar-refractivity contribution in [1.82, 2.24) is 9.55 Å². The quantitative estimate of drug-likeness (QED) is 0.471. The second kappa shape index (κ2) is 8.29. The van der Waals surface area contributed by atoms with Crippen molar-refractivity contribution < 1.29 is 9.72 Å². The van der Waals surface area contributed by atoms with Crippen LogP contribution in [0.25, 0.3) is 0 Å². The molecule has 9 nitrogen and oxygen atoms in total. The first-order valence-corrected chi connectivity index (χ1v) is 8.84. The number of anilines is 1. The maximum Gasteiger partial charge on any atom is 0.328 e. The molecule has 0 aliphatic rings. The van der Waals surface area contributed by atoms with Gasteiger partial charge in [-0.1, -0.05) is 41.4 Å². The molecule has 0 aliphatic carbocycles. The van der Waals surface area contributed by atoms with Crippen LogP contribution in [0.15, 0.2) is 58.3 Å². The Kier molecular flexibility index (Phi) is 5.81. The average molecular weight is 435 g/mol. The van der Waals surface area contributed by atoms with Crippen LogP contribution in [0.3, 0.4) is 0 Å². The van der Waals surface area contributed by atoms with Gasteiger partial charge >= 0.3 is 5.69 Å². The molecule has 3 aromatic rings. The van der Waals surface area contributed by atoms with Gasteiger partial charge in [-0.25, -0.2) is 4.79 Å². The van der Waals surface area contributed by atoms with Gasteiger partial charge in [0, 0.05) is 23.4 Å². The summed E-state index contributed by atoms with van der Waals surface area (Å²) in [6.07, 6.45) is 0.988. The molecule has 0 unspecified atom stereocenters. The van der Waals surface area contributed by atoms with E-state index >= 15 is 0 Å². The molecule has 29 heavy (non-hydrogen) atoms. The lowest BCUT2D eigenvalue weighted by molar-refractivity contribution is -0.384. The maximum absolute atomic E-state index is 12.7. The second-order valence-electron chi connectivity index (χ2n) is 5.87. The molecule has 2 N–H and O–H groups in total. The topological polar surface area (TPSA) is 127 Å². The van der Waals surface area contributed by atoms with Crippen LogP contribution < -0.4 is 16.6 Å². The van der Waals surface area contributed by atoms with Crippen molar-refractivity contribution in [3.8, 4) is 0 Å². The number of rotatable bonds is 5. The van der Waals surface area contributed by atoms with Gasteiger partial charge in [0.15, 0.2) is 0 Å². The van der Waals surface area contributed by atoms with E-state index in [2.05, 4.69) is 10.3 Å². The lowest BCUT2D eigenvalue weighted by atomic mass is 10.2. The summed E-state index contributed by atoms with van der Waals surface area (Å²) >= 11 is 12.0. The number of hydrogen-bond acceptors (Lipinski definition) is 5. The highest BCUT2D eigenvalue weighted by atomic mass is 35.5. The molecule has 3 rings (SSSR count). The Labute approximate surface area is 172 Å². The van der Waals surface area contributed by atoms with E-state index in [9.17, 15) is 24.5 Å². The molecule has 1 heterocycles. The van der Waals surface area contributed by atoms with Crippen LogP contribution in [0.2, 0.25) is 10.0 Å². The highest BCUT2D eigenvalue weighted by Crippen LogP contribution is 2.26. The van der Waals surface area contributed by atoms with Crippen molar-refractivity contribution in [2.24, 2.45) is 0 Å². The Balaban J connectivity index is 1.93. The van der Waals surface area contributed by atoms with Crippen LogP contribution in [0.5, 0.6) is 0 Å². The summed E-state index contributed by atoms with van der Waals surface area (Å²) in [6, 6.07) is 10.1. The Hall–Kier alpha value is -3.43. The van der Waals surface area contributed by atoms with Crippen LogP contribution >= 0.6 is 23.2 Å². The Morgan fingerprint density at radius 1 is 1.14 bits per heavy atom. The van der Waals surface area contributed by atoms with Gasteiger partial charge < -0.3 is 10.3 Å².